The van der Waals surface area contributed by atoms with Gasteiger partial charge in [0.05, 0.1) is 6.26 Å². The monoisotopic (exact) mass is 301 g/mol. The molecule has 1 aromatic carbocycles. The van der Waals surface area contributed by atoms with Gasteiger partial charge in [-0.15, -0.1) is 0 Å². The third-order valence-electron chi connectivity index (χ3n) is 3.14. The van der Waals surface area contributed by atoms with Crippen molar-refractivity contribution >= 4 is 17.5 Å². The number of hydrogen-bond acceptors (Lipinski definition) is 4. The van der Waals surface area contributed by atoms with Gasteiger partial charge in [0.25, 0.3) is 11.8 Å². The van der Waals surface area contributed by atoms with Crippen molar-refractivity contribution in [3.05, 3.63) is 53.5 Å². The Hall–Kier alpha value is -2.76. The summed E-state index contributed by atoms with van der Waals surface area (Å²) >= 11 is 0. The first-order valence-electron chi connectivity index (χ1n) is 7.04. The number of anilines is 1. The lowest BCUT2D eigenvalue weighted by atomic mass is 10.2. The maximum Gasteiger partial charge on any atom is 0.287 e. The smallest absolute Gasteiger partial charge is 0.287 e. The third kappa shape index (κ3) is 4.12. The van der Waals surface area contributed by atoms with Crippen LogP contribution in [0.25, 0.3) is 0 Å². The lowest BCUT2D eigenvalue weighted by Crippen LogP contribution is -2.30. The van der Waals surface area contributed by atoms with E-state index in [0.29, 0.717) is 36.5 Å². The first-order valence-corrected chi connectivity index (χ1v) is 7.04. The summed E-state index contributed by atoms with van der Waals surface area (Å²) in [4.78, 5) is 23.6. The van der Waals surface area contributed by atoms with E-state index in [1.165, 1.54) is 6.26 Å². The average Bonchev–Trinajstić information content (AvgIpc) is 2.92. The van der Waals surface area contributed by atoms with Crippen LogP contribution in [0.2, 0.25) is 0 Å². The molecule has 22 heavy (non-hydrogen) atoms. The summed E-state index contributed by atoms with van der Waals surface area (Å²) in [6.45, 7) is 2.73. The van der Waals surface area contributed by atoms with E-state index in [4.69, 9.17) is 10.2 Å². The number of rotatable bonds is 6. The number of carbonyl (C=O) groups excluding carboxylic acids is 2. The lowest BCUT2D eigenvalue weighted by molar-refractivity contribution is 0.0924. The first kappa shape index (κ1) is 15.6. The molecule has 0 atom stereocenters. The summed E-state index contributed by atoms with van der Waals surface area (Å²) in [7, 11) is 0. The maximum atomic E-state index is 11.9. The molecule has 0 spiro atoms. The zero-order valence-corrected chi connectivity index (χ0v) is 12.4. The molecule has 0 unspecified atom stereocenters. The van der Waals surface area contributed by atoms with E-state index in [-0.39, 0.29) is 11.8 Å². The highest BCUT2D eigenvalue weighted by atomic mass is 16.3. The van der Waals surface area contributed by atoms with Crippen molar-refractivity contribution < 1.29 is 14.0 Å². The van der Waals surface area contributed by atoms with E-state index in [1.54, 1.807) is 30.3 Å². The summed E-state index contributed by atoms with van der Waals surface area (Å²) in [6, 6.07) is 8.52. The fourth-order valence-electron chi connectivity index (χ4n) is 1.96. The molecular formula is C16H19N3O3. The Morgan fingerprint density at radius 2 is 1.86 bits per heavy atom. The van der Waals surface area contributed by atoms with Gasteiger partial charge in [0.2, 0.25) is 0 Å². The van der Waals surface area contributed by atoms with Crippen molar-refractivity contribution in [2.45, 2.75) is 13.3 Å². The Labute approximate surface area is 128 Å². The molecule has 4 N–H and O–H groups in total. The molecule has 0 aliphatic rings. The molecule has 0 aliphatic carbocycles. The van der Waals surface area contributed by atoms with Gasteiger partial charge in [0, 0.05) is 29.9 Å². The molecule has 2 aromatic rings. The van der Waals surface area contributed by atoms with Gasteiger partial charge in [0.15, 0.2) is 5.76 Å². The van der Waals surface area contributed by atoms with Crippen LogP contribution in [0.15, 0.2) is 41.0 Å². The number of aryl methyl sites for hydroxylation is 1. The van der Waals surface area contributed by atoms with Gasteiger partial charge < -0.3 is 20.8 Å². The molecule has 6 nitrogen and oxygen atoms in total. The largest absolute Gasteiger partial charge is 0.459 e. The molecule has 0 radical (unpaired) electrons. The highest BCUT2D eigenvalue weighted by molar-refractivity contribution is 5.95. The Morgan fingerprint density at radius 3 is 2.50 bits per heavy atom. The highest BCUT2D eigenvalue weighted by Gasteiger charge is 2.11. The van der Waals surface area contributed by atoms with Gasteiger partial charge in [-0.1, -0.05) is 6.07 Å². The van der Waals surface area contributed by atoms with Gasteiger partial charge in [-0.25, -0.2) is 0 Å². The Morgan fingerprint density at radius 1 is 1.14 bits per heavy atom. The predicted molar refractivity (Wildman–Crippen MR) is 83.6 cm³/mol. The maximum absolute atomic E-state index is 11.9. The molecule has 1 heterocycles. The van der Waals surface area contributed by atoms with E-state index >= 15 is 0 Å². The van der Waals surface area contributed by atoms with Crippen LogP contribution in [-0.4, -0.2) is 24.9 Å². The highest BCUT2D eigenvalue weighted by Crippen LogP contribution is 2.08. The second kappa shape index (κ2) is 7.31. The van der Waals surface area contributed by atoms with Crippen molar-refractivity contribution in [1.29, 1.82) is 0 Å². The number of benzene rings is 1. The molecule has 2 amide bonds. The molecule has 0 bridgehead atoms. The summed E-state index contributed by atoms with van der Waals surface area (Å²) in [5.41, 5.74) is 7.50. The zero-order valence-electron chi connectivity index (χ0n) is 12.4. The number of nitrogens with two attached hydrogens (primary N) is 1. The van der Waals surface area contributed by atoms with Gasteiger partial charge in [-0.05, 0) is 37.6 Å². The average molecular weight is 301 g/mol. The third-order valence-corrected chi connectivity index (χ3v) is 3.14. The second-order valence-electron chi connectivity index (χ2n) is 4.92. The van der Waals surface area contributed by atoms with Crippen molar-refractivity contribution in [2.24, 2.45) is 0 Å². The number of furan rings is 1. The predicted octanol–water partition coefficient (Wildman–Crippen LogP) is 1.72. The van der Waals surface area contributed by atoms with E-state index < -0.39 is 0 Å². The zero-order chi connectivity index (χ0) is 15.9. The molecule has 6 heteroatoms. The van der Waals surface area contributed by atoms with Crippen LogP contribution in [0.5, 0.6) is 0 Å². The summed E-state index contributed by atoms with van der Waals surface area (Å²) < 4.78 is 5.10. The molecular weight excluding hydrogens is 282 g/mol. The van der Waals surface area contributed by atoms with Crippen LogP contribution in [0.1, 0.15) is 32.9 Å². The fraction of sp³-hybridized carbons (Fsp3) is 0.250. The standard InChI is InChI=1S/C16H19N3O3/c1-11-6-9-22-14(11)16(21)19-8-3-7-18-15(20)12-4-2-5-13(17)10-12/h2,4-6,9-10H,3,7-8,17H2,1H3,(H,18,20)(H,19,21). The molecule has 1 aromatic heterocycles. The molecule has 0 fully saturated rings. The summed E-state index contributed by atoms with van der Waals surface area (Å²) in [5, 5.41) is 5.52. The van der Waals surface area contributed by atoms with Crippen molar-refractivity contribution in [3.63, 3.8) is 0 Å². The van der Waals surface area contributed by atoms with Gasteiger partial charge in [-0.3, -0.25) is 9.59 Å². The topological polar surface area (TPSA) is 97.4 Å². The second-order valence-corrected chi connectivity index (χ2v) is 4.92. The summed E-state index contributed by atoms with van der Waals surface area (Å²) in [6.07, 6.45) is 2.11. The Kier molecular flexibility index (Phi) is 5.19. The van der Waals surface area contributed by atoms with Crippen LogP contribution in [0.3, 0.4) is 0 Å². The fourth-order valence-corrected chi connectivity index (χ4v) is 1.96. The molecule has 0 saturated carbocycles. The molecule has 0 aliphatic heterocycles. The first-order chi connectivity index (χ1) is 10.6. The SMILES string of the molecule is Cc1ccoc1C(=O)NCCCNC(=O)c1cccc(N)c1. The molecule has 2 rings (SSSR count). The van der Waals surface area contributed by atoms with Crippen molar-refractivity contribution in [1.82, 2.24) is 10.6 Å². The number of carbonyl (C=O) groups is 2. The van der Waals surface area contributed by atoms with Crippen LogP contribution < -0.4 is 16.4 Å². The number of nitrogen functional groups attached to an aromatic ring is 1. The van der Waals surface area contributed by atoms with Gasteiger partial charge >= 0.3 is 0 Å². The Bertz CT molecular complexity index is 664. The minimum Gasteiger partial charge on any atom is -0.459 e. The van der Waals surface area contributed by atoms with Crippen molar-refractivity contribution in [2.75, 3.05) is 18.8 Å². The van der Waals surface area contributed by atoms with E-state index in [1.807, 2.05) is 6.92 Å². The molecule has 0 saturated heterocycles. The Balaban J connectivity index is 1.68. The summed E-state index contributed by atoms with van der Waals surface area (Å²) in [5.74, 6) is -0.103. The number of amides is 2. The number of hydrogen-bond donors (Lipinski definition) is 3. The van der Waals surface area contributed by atoms with Crippen LogP contribution in [0.4, 0.5) is 5.69 Å². The van der Waals surface area contributed by atoms with E-state index in [9.17, 15) is 9.59 Å². The van der Waals surface area contributed by atoms with Crippen molar-refractivity contribution in [3.8, 4) is 0 Å². The minimum atomic E-state index is -0.246. The number of nitrogens with one attached hydrogen (secondary N) is 2. The van der Waals surface area contributed by atoms with E-state index in [0.717, 1.165) is 5.56 Å². The van der Waals surface area contributed by atoms with E-state index in [2.05, 4.69) is 10.6 Å². The normalized spacial score (nSPS) is 10.2. The minimum absolute atomic E-state index is 0.180. The van der Waals surface area contributed by atoms with Crippen LogP contribution >= 0.6 is 0 Å². The van der Waals surface area contributed by atoms with Gasteiger partial charge in [-0.2, -0.15) is 0 Å². The lowest BCUT2D eigenvalue weighted by Gasteiger charge is -2.07. The van der Waals surface area contributed by atoms with Gasteiger partial charge in [0.1, 0.15) is 0 Å². The van der Waals surface area contributed by atoms with Crippen LogP contribution in [0, 0.1) is 6.92 Å². The quantitative estimate of drug-likeness (QED) is 0.559. The van der Waals surface area contributed by atoms with Crippen LogP contribution in [-0.2, 0) is 0 Å². The molecule has 116 valence electrons.